The summed E-state index contributed by atoms with van der Waals surface area (Å²) < 4.78 is 0. The molecule has 4 atom stereocenters. The first-order valence-electron chi connectivity index (χ1n) is 10.3. The molecule has 32 heavy (non-hydrogen) atoms. The molecule has 2 aliphatic heterocycles. The molecule has 2 heterocycles. The molecule has 4 amide bonds. The van der Waals surface area contributed by atoms with Crippen molar-refractivity contribution in [2.45, 2.75) is 0 Å². The Morgan fingerprint density at radius 1 is 0.500 bits per heavy atom. The van der Waals surface area contributed by atoms with Crippen LogP contribution in [0.4, 0.5) is 11.4 Å². The van der Waals surface area contributed by atoms with Crippen molar-refractivity contribution >= 4 is 58.2 Å². The minimum atomic E-state index is -0.656. The SMILES string of the molecule is O=C1[C@@H]2C3C=CC([C@@H]2C(=O)N1c1ccc(Cl)cc1)[C@@H]1C(=O)N(c2ccc(Cl)cc2)C(=O)[C@H]31. The van der Waals surface area contributed by atoms with E-state index in [9.17, 15) is 19.2 Å². The monoisotopic (exact) mass is 466 g/mol. The van der Waals surface area contributed by atoms with Gasteiger partial charge in [-0.05, 0) is 48.5 Å². The third-order valence-electron chi connectivity index (χ3n) is 7.18. The number of halogens is 2. The Kier molecular flexibility index (Phi) is 4.17. The van der Waals surface area contributed by atoms with Crippen LogP contribution < -0.4 is 9.80 Å². The molecule has 2 bridgehead atoms. The zero-order valence-corrected chi connectivity index (χ0v) is 18.0. The van der Waals surface area contributed by atoms with Gasteiger partial charge in [0, 0.05) is 21.9 Å². The van der Waals surface area contributed by atoms with E-state index in [1.807, 2.05) is 12.2 Å². The van der Waals surface area contributed by atoms with Gasteiger partial charge in [0.1, 0.15) is 0 Å². The summed E-state index contributed by atoms with van der Waals surface area (Å²) in [6.45, 7) is 0. The van der Waals surface area contributed by atoms with Gasteiger partial charge in [-0.3, -0.25) is 29.0 Å². The normalized spacial score (nSPS) is 32.7. The lowest BCUT2D eigenvalue weighted by Crippen LogP contribution is -2.50. The maximum Gasteiger partial charge on any atom is 0.238 e. The third-order valence-corrected chi connectivity index (χ3v) is 7.68. The maximum absolute atomic E-state index is 13.4. The Hall–Kier alpha value is -2.96. The maximum atomic E-state index is 13.4. The van der Waals surface area contributed by atoms with Gasteiger partial charge in [-0.15, -0.1) is 0 Å². The van der Waals surface area contributed by atoms with Gasteiger partial charge in [0.25, 0.3) is 0 Å². The van der Waals surface area contributed by atoms with E-state index in [1.165, 1.54) is 9.80 Å². The fourth-order valence-electron chi connectivity index (χ4n) is 5.92. The van der Waals surface area contributed by atoms with Gasteiger partial charge >= 0.3 is 0 Å². The summed E-state index contributed by atoms with van der Waals surface area (Å²) in [6, 6.07) is 13.0. The number of anilines is 2. The quantitative estimate of drug-likeness (QED) is 0.499. The number of imide groups is 2. The number of allylic oxidation sites excluding steroid dienone is 2. The lowest BCUT2D eigenvalue weighted by molar-refractivity contribution is -0.137. The lowest BCUT2D eigenvalue weighted by Gasteiger charge is -2.44. The van der Waals surface area contributed by atoms with E-state index >= 15 is 0 Å². The number of hydrogen-bond acceptors (Lipinski definition) is 4. The van der Waals surface area contributed by atoms with Crippen molar-refractivity contribution in [3.8, 4) is 0 Å². The van der Waals surface area contributed by atoms with Crippen molar-refractivity contribution < 1.29 is 19.2 Å². The van der Waals surface area contributed by atoms with E-state index < -0.39 is 35.5 Å². The number of hydrogen-bond donors (Lipinski definition) is 0. The van der Waals surface area contributed by atoms with Gasteiger partial charge in [0.15, 0.2) is 0 Å². The molecule has 5 aliphatic rings. The minimum absolute atomic E-state index is 0.328. The molecule has 0 aromatic heterocycles. The molecule has 2 aromatic carbocycles. The Morgan fingerprint density at radius 2 is 0.781 bits per heavy atom. The third kappa shape index (κ3) is 2.48. The minimum Gasteiger partial charge on any atom is -0.274 e. The average molecular weight is 467 g/mol. The number of rotatable bonds is 2. The summed E-state index contributed by atoms with van der Waals surface area (Å²) in [4.78, 5) is 56.0. The molecule has 3 fully saturated rings. The number of nitrogens with zero attached hydrogens (tertiary/aromatic N) is 2. The van der Waals surface area contributed by atoms with E-state index in [2.05, 4.69) is 0 Å². The van der Waals surface area contributed by atoms with Crippen molar-refractivity contribution in [1.82, 2.24) is 0 Å². The van der Waals surface area contributed by atoms with Gasteiger partial charge in [-0.2, -0.15) is 0 Å². The highest BCUT2D eigenvalue weighted by Crippen LogP contribution is 2.58. The largest absolute Gasteiger partial charge is 0.274 e. The fourth-order valence-corrected chi connectivity index (χ4v) is 6.17. The first kappa shape index (κ1) is 19.7. The number of amides is 4. The summed E-state index contributed by atoms with van der Waals surface area (Å²) in [6.07, 6.45) is 3.69. The first-order valence-corrected chi connectivity index (χ1v) is 11.1. The summed E-state index contributed by atoms with van der Waals surface area (Å²) in [5, 5.41) is 1.00. The molecule has 1 saturated carbocycles. The highest BCUT2D eigenvalue weighted by atomic mass is 35.5. The number of benzene rings is 2. The molecule has 6 nitrogen and oxygen atoms in total. The van der Waals surface area contributed by atoms with Gasteiger partial charge in [0.2, 0.25) is 23.6 Å². The average Bonchev–Trinajstić information content (AvgIpc) is 3.23. The number of carbonyl (C=O) groups excluding carboxylic acids is 4. The van der Waals surface area contributed by atoms with E-state index in [-0.39, 0.29) is 23.6 Å². The molecule has 160 valence electrons. The molecule has 8 heteroatoms. The summed E-state index contributed by atoms with van der Waals surface area (Å²) >= 11 is 11.9. The lowest BCUT2D eigenvalue weighted by atomic mass is 9.54. The highest BCUT2D eigenvalue weighted by Gasteiger charge is 2.68. The van der Waals surface area contributed by atoms with Gasteiger partial charge in [0.05, 0.1) is 35.0 Å². The molecule has 0 spiro atoms. The molecule has 2 aromatic rings. The Labute approximate surface area is 193 Å². The molecule has 2 saturated heterocycles. The van der Waals surface area contributed by atoms with Crippen LogP contribution in [0.3, 0.4) is 0 Å². The topological polar surface area (TPSA) is 74.8 Å². The molecular weight excluding hydrogens is 451 g/mol. The number of carbonyl (C=O) groups is 4. The van der Waals surface area contributed by atoms with Crippen LogP contribution in [0.2, 0.25) is 10.0 Å². The molecule has 0 radical (unpaired) electrons. The molecule has 0 N–H and O–H groups in total. The first-order chi connectivity index (χ1) is 15.4. The Bertz CT molecular complexity index is 1080. The van der Waals surface area contributed by atoms with Gasteiger partial charge < -0.3 is 0 Å². The van der Waals surface area contributed by atoms with Gasteiger partial charge in [-0.25, -0.2) is 0 Å². The Balaban J connectivity index is 1.39. The highest BCUT2D eigenvalue weighted by molar-refractivity contribution is 6.31. The summed E-state index contributed by atoms with van der Waals surface area (Å²) in [5.41, 5.74) is 0.896. The van der Waals surface area contributed by atoms with Crippen LogP contribution in [0.15, 0.2) is 60.7 Å². The van der Waals surface area contributed by atoms with Crippen LogP contribution in [0.5, 0.6) is 0 Å². The molecule has 7 rings (SSSR count). The van der Waals surface area contributed by atoms with E-state index in [1.54, 1.807) is 48.5 Å². The van der Waals surface area contributed by atoms with Crippen LogP contribution in [-0.4, -0.2) is 23.6 Å². The van der Waals surface area contributed by atoms with Crippen molar-refractivity contribution in [3.05, 3.63) is 70.7 Å². The molecule has 0 unspecified atom stereocenters. The summed E-state index contributed by atoms with van der Waals surface area (Å²) in [7, 11) is 0. The van der Waals surface area contributed by atoms with E-state index in [0.29, 0.717) is 21.4 Å². The van der Waals surface area contributed by atoms with Crippen LogP contribution in [0.1, 0.15) is 0 Å². The second kappa shape index (κ2) is 6.77. The fraction of sp³-hybridized carbons (Fsp3) is 0.250. The molecular formula is C24H16Cl2N2O4. The Morgan fingerprint density at radius 3 is 1.06 bits per heavy atom. The van der Waals surface area contributed by atoms with Crippen molar-refractivity contribution in [2.75, 3.05) is 9.80 Å². The predicted octanol–water partition coefficient (Wildman–Crippen LogP) is 3.72. The van der Waals surface area contributed by atoms with E-state index in [4.69, 9.17) is 23.2 Å². The van der Waals surface area contributed by atoms with Crippen LogP contribution in [0.25, 0.3) is 0 Å². The van der Waals surface area contributed by atoms with Crippen LogP contribution in [-0.2, 0) is 19.2 Å². The smallest absolute Gasteiger partial charge is 0.238 e. The van der Waals surface area contributed by atoms with Gasteiger partial charge in [-0.1, -0.05) is 35.4 Å². The van der Waals surface area contributed by atoms with Crippen LogP contribution in [0, 0.1) is 35.5 Å². The van der Waals surface area contributed by atoms with Crippen LogP contribution >= 0.6 is 23.2 Å². The zero-order chi connectivity index (χ0) is 22.3. The summed E-state index contributed by atoms with van der Waals surface area (Å²) in [5.74, 6) is -4.94. The standard InChI is InChI=1S/C24H16Cl2N2O4/c25-11-1-5-13(6-2-11)27-21(29)17-15-9-10-16(18(17)22(27)30)20-19(15)23(31)28(24(20)32)14-7-3-12(26)4-8-14/h1-10,15-20H/t15?,16?,17-,18+,19-,20+. The van der Waals surface area contributed by atoms with Crippen molar-refractivity contribution in [1.29, 1.82) is 0 Å². The second-order valence-corrected chi connectivity index (χ2v) is 9.49. The second-order valence-electron chi connectivity index (χ2n) is 8.62. The van der Waals surface area contributed by atoms with E-state index in [0.717, 1.165) is 0 Å². The zero-order valence-electron chi connectivity index (χ0n) is 16.5. The predicted molar refractivity (Wildman–Crippen MR) is 118 cm³/mol. The van der Waals surface area contributed by atoms with Crippen molar-refractivity contribution in [3.63, 3.8) is 0 Å². The van der Waals surface area contributed by atoms with Crippen molar-refractivity contribution in [2.24, 2.45) is 35.5 Å². The molecule has 3 aliphatic carbocycles.